The number of carbonyl (C=O) groups excluding carboxylic acids is 2. The lowest BCUT2D eigenvalue weighted by Gasteiger charge is -2.12. The topological polar surface area (TPSA) is 93.4 Å². The number of non-ortho nitro benzene ring substituents is 1. The van der Waals surface area contributed by atoms with Gasteiger partial charge in [-0.1, -0.05) is 11.6 Å². The zero-order chi connectivity index (χ0) is 15.9. The van der Waals surface area contributed by atoms with E-state index in [1.54, 1.807) is 12.1 Å². The van der Waals surface area contributed by atoms with Gasteiger partial charge in [-0.2, -0.15) is 0 Å². The molecule has 0 aliphatic carbocycles. The zero-order valence-corrected chi connectivity index (χ0v) is 11.8. The van der Waals surface area contributed by atoms with Gasteiger partial charge in [-0.15, -0.1) is 0 Å². The molecule has 2 amide bonds. The van der Waals surface area contributed by atoms with Crippen molar-refractivity contribution >= 4 is 29.1 Å². The number of fused-ring (bicyclic) bond motifs is 1. The lowest BCUT2D eigenvalue weighted by Crippen LogP contribution is -2.29. The summed E-state index contributed by atoms with van der Waals surface area (Å²) in [6.45, 7) is -0.0166. The molecule has 2 aromatic rings. The summed E-state index contributed by atoms with van der Waals surface area (Å²) >= 11 is 5.73. The second-order valence-electron chi connectivity index (χ2n) is 4.65. The van der Waals surface area contributed by atoms with Crippen molar-refractivity contribution in [2.75, 3.05) is 0 Å². The molecule has 8 heteroatoms. The van der Waals surface area contributed by atoms with Gasteiger partial charge in [-0.25, -0.2) is 0 Å². The highest BCUT2D eigenvalue weighted by molar-refractivity contribution is 6.30. The summed E-state index contributed by atoms with van der Waals surface area (Å²) in [4.78, 5) is 39.7. The van der Waals surface area contributed by atoms with E-state index in [4.69, 9.17) is 11.6 Å². The fourth-order valence-corrected chi connectivity index (χ4v) is 2.31. The number of amides is 2. The Morgan fingerprint density at radius 1 is 1.14 bits per heavy atom. The Balaban J connectivity index is 1.92. The average molecular weight is 318 g/mol. The molecule has 2 heterocycles. The third kappa shape index (κ3) is 2.31. The second kappa shape index (κ2) is 5.19. The number of nitro groups is 1. The number of aromatic nitrogens is 1. The minimum atomic E-state index is -0.610. The van der Waals surface area contributed by atoms with Crippen molar-refractivity contribution in [3.63, 3.8) is 0 Å². The van der Waals surface area contributed by atoms with E-state index in [1.807, 2.05) is 0 Å². The minimum absolute atomic E-state index is 0.0166. The molecule has 3 rings (SSSR count). The Hall–Kier alpha value is -2.80. The molecular weight excluding hydrogens is 310 g/mol. The molecular formula is C14H8ClN3O4. The van der Waals surface area contributed by atoms with E-state index in [1.165, 1.54) is 18.3 Å². The molecule has 0 saturated heterocycles. The number of nitro benzene ring substituents is 1. The molecule has 0 atom stereocenters. The number of pyridine rings is 1. The molecule has 0 unspecified atom stereocenters. The lowest BCUT2D eigenvalue weighted by atomic mass is 10.1. The molecule has 1 aliphatic rings. The van der Waals surface area contributed by atoms with Crippen LogP contribution in [0.25, 0.3) is 0 Å². The first kappa shape index (κ1) is 14.2. The number of hydrogen-bond acceptors (Lipinski definition) is 5. The largest absolute Gasteiger partial charge is 0.270 e. The SMILES string of the molecule is O=C1c2ccc([N+](=O)[O-])cc2C(=O)N1Cc1ccc(Cl)cn1. The lowest BCUT2D eigenvalue weighted by molar-refractivity contribution is -0.384. The molecule has 1 aromatic heterocycles. The van der Waals surface area contributed by atoms with Gasteiger partial charge >= 0.3 is 0 Å². The fraction of sp³-hybridized carbons (Fsp3) is 0.0714. The van der Waals surface area contributed by atoms with E-state index >= 15 is 0 Å². The number of nitrogens with zero attached hydrogens (tertiary/aromatic N) is 3. The average Bonchev–Trinajstić information content (AvgIpc) is 2.74. The van der Waals surface area contributed by atoms with E-state index in [2.05, 4.69) is 4.98 Å². The number of hydrogen-bond donors (Lipinski definition) is 0. The molecule has 7 nitrogen and oxygen atoms in total. The van der Waals surface area contributed by atoms with Crippen molar-refractivity contribution in [3.05, 3.63) is 68.5 Å². The Bertz CT molecular complexity index is 804. The number of benzene rings is 1. The van der Waals surface area contributed by atoms with E-state index in [-0.39, 0.29) is 23.4 Å². The minimum Gasteiger partial charge on any atom is -0.269 e. The van der Waals surface area contributed by atoms with Gasteiger partial charge in [0, 0.05) is 18.3 Å². The number of carbonyl (C=O) groups is 2. The molecule has 0 bridgehead atoms. The van der Waals surface area contributed by atoms with Crippen LogP contribution in [0, 0.1) is 10.1 Å². The zero-order valence-electron chi connectivity index (χ0n) is 11.0. The predicted octanol–water partition coefficient (Wildman–Crippen LogP) is 2.44. The smallest absolute Gasteiger partial charge is 0.269 e. The Morgan fingerprint density at radius 2 is 1.86 bits per heavy atom. The second-order valence-corrected chi connectivity index (χ2v) is 5.09. The van der Waals surface area contributed by atoms with Crippen molar-refractivity contribution < 1.29 is 14.5 Å². The standard InChI is InChI=1S/C14H8ClN3O4/c15-8-1-2-9(16-6-8)7-17-13(19)11-4-3-10(18(21)22)5-12(11)14(17)20/h1-6H,7H2. The summed E-state index contributed by atoms with van der Waals surface area (Å²) in [5.41, 5.74) is 0.456. The molecule has 0 radical (unpaired) electrons. The summed E-state index contributed by atoms with van der Waals surface area (Å²) in [6, 6.07) is 6.82. The molecule has 22 heavy (non-hydrogen) atoms. The molecule has 0 spiro atoms. The van der Waals surface area contributed by atoms with E-state index in [0.717, 1.165) is 11.0 Å². The molecule has 0 saturated carbocycles. The predicted molar refractivity (Wildman–Crippen MR) is 76.5 cm³/mol. The van der Waals surface area contributed by atoms with Crippen LogP contribution in [-0.4, -0.2) is 26.6 Å². The van der Waals surface area contributed by atoms with Gasteiger partial charge in [0.15, 0.2) is 0 Å². The van der Waals surface area contributed by atoms with Gasteiger partial charge in [-0.3, -0.25) is 29.6 Å². The summed E-state index contributed by atoms with van der Waals surface area (Å²) < 4.78 is 0. The van der Waals surface area contributed by atoms with Crippen LogP contribution in [0.4, 0.5) is 5.69 Å². The molecule has 1 aliphatic heterocycles. The first-order valence-electron chi connectivity index (χ1n) is 6.22. The normalized spacial score (nSPS) is 13.4. The monoisotopic (exact) mass is 317 g/mol. The van der Waals surface area contributed by atoms with Crippen LogP contribution < -0.4 is 0 Å². The summed E-state index contributed by atoms with van der Waals surface area (Å²) in [6.07, 6.45) is 1.42. The van der Waals surface area contributed by atoms with Crippen LogP contribution in [0.5, 0.6) is 0 Å². The maximum Gasteiger partial charge on any atom is 0.270 e. The summed E-state index contributed by atoms with van der Waals surface area (Å²) in [5.74, 6) is -1.06. The first-order chi connectivity index (χ1) is 10.5. The number of halogens is 1. The number of imide groups is 1. The molecule has 1 aromatic carbocycles. The third-order valence-electron chi connectivity index (χ3n) is 3.27. The Kier molecular flexibility index (Phi) is 3.34. The van der Waals surface area contributed by atoms with Crippen molar-refractivity contribution in [2.45, 2.75) is 6.54 Å². The highest BCUT2D eigenvalue weighted by Gasteiger charge is 2.36. The van der Waals surface area contributed by atoms with Gasteiger partial charge in [0.05, 0.1) is 33.3 Å². The van der Waals surface area contributed by atoms with Gasteiger partial charge in [0.2, 0.25) is 0 Å². The summed E-state index contributed by atoms with van der Waals surface area (Å²) in [5, 5.41) is 11.2. The van der Waals surface area contributed by atoms with Crippen molar-refractivity contribution in [1.82, 2.24) is 9.88 Å². The Labute approximate surface area is 129 Å². The first-order valence-corrected chi connectivity index (χ1v) is 6.60. The Morgan fingerprint density at radius 3 is 2.50 bits per heavy atom. The van der Waals surface area contributed by atoms with Gasteiger partial charge in [0.25, 0.3) is 17.5 Å². The van der Waals surface area contributed by atoms with Gasteiger partial charge < -0.3 is 0 Å². The molecule has 0 N–H and O–H groups in total. The molecule has 110 valence electrons. The van der Waals surface area contributed by atoms with Crippen LogP contribution in [0.1, 0.15) is 26.4 Å². The highest BCUT2D eigenvalue weighted by atomic mass is 35.5. The van der Waals surface area contributed by atoms with Crippen LogP contribution in [0.15, 0.2) is 36.5 Å². The maximum atomic E-state index is 12.3. The van der Waals surface area contributed by atoms with Gasteiger partial charge in [-0.05, 0) is 18.2 Å². The highest BCUT2D eigenvalue weighted by Crippen LogP contribution is 2.27. The number of rotatable bonds is 3. The summed E-state index contributed by atoms with van der Waals surface area (Å²) in [7, 11) is 0. The molecule has 0 fully saturated rings. The van der Waals surface area contributed by atoms with Crippen LogP contribution >= 0.6 is 11.6 Å². The van der Waals surface area contributed by atoms with Crippen molar-refractivity contribution in [3.8, 4) is 0 Å². The van der Waals surface area contributed by atoms with E-state index in [9.17, 15) is 19.7 Å². The third-order valence-corrected chi connectivity index (χ3v) is 3.50. The maximum absolute atomic E-state index is 12.3. The van der Waals surface area contributed by atoms with Crippen LogP contribution in [-0.2, 0) is 6.54 Å². The quantitative estimate of drug-likeness (QED) is 0.492. The van der Waals surface area contributed by atoms with Gasteiger partial charge in [0.1, 0.15) is 0 Å². The van der Waals surface area contributed by atoms with Crippen molar-refractivity contribution in [1.29, 1.82) is 0 Å². The van der Waals surface area contributed by atoms with Crippen LogP contribution in [0.2, 0.25) is 5.02 Å². The van der Waals surface area contributed by atoms with E-state index in [0.29, 0.717) is 10.7 Å². The van der Waals surface area contributed by atoms with Crippen LogP contribution in [0.3, 0.4) is 0 Å². The fourth-order valence-electron chi connectivity index (χ4n) is 2.20. The van der Waals surface area contributed by atoms with E-state index < -0.39 is 16.7 Å². The van der Waals surface area contributed by atoms with Crippen molar-refractivity contribution in [2.24, 2.45) is 0 Å².